The Bertz CT molecular complexity index is 614. The van der Waals surface area contributed by atoms with Gasteiger partial charge in [-0.25, -0.2) is 0 Å². The molecule has 1 aliphatic rings. The molecule has 0 amide bonds. The number of fused-ring (bicyclic) bond motifs is 1. The van der Waals surface area contributed by atoms with Gasteiger partial charge in [0, 0.05) is 19.6 Å². The van der Waals surface area contributed by atoms with Crippen molar-refractivity contribution in [1.29, 1.82) is 0 Å². The monoisotopic (exact) mass is 297 g/mol. The molecule has 0 aliphatic carbocycles. The van der Waals surface area contributed by atoms with Crippen LogP contribution in [0.25, 0.3) is 0 Å². The molecule has 2 aromatic rings. The molecule has 0 saturated carbocycles. The van der Waals surface area contributed by atoms with Crippen LogP contribution in [0.1, 0.15) is 37.3 Å². The average molecular weight is 297 g/mol. The van der Waals surface area contributed by atoms with Gasteiger partial charge in [0.05, 0.1) is 6.20 Å². The van der Waals surface area contributed by atoms with E-state index in [1.165, 1.54) is 24.0 Å². The summed E-state index contributed by atoms with van der Waals surface area (Å²) < 4.78 is 0. The lowest BCUT2D eigenvalue weighted by Crippen LogP contribution is -2.32. The molecule has 0 saturated heterocycles. The summed E-state index contributed by atoms with van der Waals surface area (Å²) in [5.74, 6) is 1.54. The fraction of sp³-hybridized carbons (Fsp3) is 0.471. The third-order valence-corrected chi connectivity index (χ3v) is 4.05. The second-order valence-electron chi connectivity index (χ2n) is 5.72. The number of nitrogens with zero attached hydrogens (tertiary/aromatic N) is 4. The molecule has 5 nitrogen and oxygen atoms in total. The minimum Gasteiger partial charge on any atom is -0.369 e. The van der Waals surface area contributed by atoms with Crippen LogP contribution in [0.15, 0.2) is 30.5 Å². The summed E-state index contributed by atoms with van der Waals surface area (Å²) in [6, 6.07) is 8.58. The second-order valence-corrected chi connectivity index (χ2v) is 5.72. The molecule has 1 aromatic carbocycles. The van der Waals surface area contributed by atoms with Crippen LogP contribution in [-0.2, 0) is 13.0 Å². The zero-order valence-electron chi connectivity index (χ0n) is 13.1. The molecule has 0 bridgehead atoms. The third-order valence-electron chi connectivity index (χ3n) is 4.05. The van der Waals surface area contributed by atoms with Crippen molar-refractivity contribution in [2.45, 2.75) is 39.2 Å². The van der Waals surface area contributed by atoms with Crippen LogP contribution in [0.3, 0.4) is 0 Å². The van der Waals surface area contributed by atoms with Crippen LogP contribution in [0, 0.1) is 0 Å². The van der Waals surface area contributed by atoms with E-state index in [0.717, 1.165) is 44.2 Å². The van der Waals surface area contributed by atoms with Gasteiger partial charge in [-0.2, -0.15) is 10.1 Å². The van der Waals surface area contributed by atoms with Gasteiger partial charge in [-0.05, 0) is 24.0 Å². The highest BCUT2D eigenvalue weighted by Crippen LogP contribution is 2.21. The highest BCUT2D eigenvalue weighted by molar-refractivity contribution is 5.43. The number of anilines is 2. The maximum absolute atomic E-state index is 4.61. The highest BCUT2D eigenvalue weighted by Gasteiger charge is 2.18. The Labute approximate surface area is 131 Å². The first-order valence-electron chi connectivity index (χ1n) is 8.12. The van der Waals surface area contributed by atoms with Crippen molar-refractivity contribution in [2.75, 3.05) is 23.3 Å². The van der Waals surface area contributed by atoms with Crippen LogP contribution in [0.4, 0.5) is 11.8 Å². The molecule has 5 heteroatoms. The largest absolute Gasteiger partial charge is 0.369 e. The summed E-state index contributed by atoms with van der Waals surface area (Å²) in [6.45, 7) is 4.95. The van der Waals surface area contributed by atoms with Crippen LogP contribution >= 0.6 is 0 Å². The number of hydrogen-bond donors (Lipinski definition) is 1. The average Bonchev–Trinajstić information content (AvgIpc) is 2.59. The Morgan fingerprint density at radius 3 is 2.91 bits per heavy atom. The summed E-state index contributed by atoms with van der Waals surface area (Å²) in [6.07, 6.45) is 6.36. The van der Waals surface area contributed by atoms with Gasteiger partial charge in [0.2, 0.25) is 5.95 Å². The zero-order valence-corrected chi connectivity index (χ0v) is 13.1. The van der Waals surface area contributed by atoms with E-state index in [0.29, 0.717) is 0 Å². The molecule has 0 atom stereocenters. The zero-order chi connectivity index (χ0) is 15.2. The molecule has 0 fully saturated rings. The van der Waals surface area contributed by atoms with E-state index in [-0.39, 0.29) is 0 Å². The molecule has 1 N–H and O–H groups in total. The molecule has 116 valence electrons. The molecule has 1 aromatic heterocycles. The molecule has 0 radical (unpaired) electrons. The van der Waals surface area contributed by atoms with E-state index in [1.54, 1.807) is 6.20 Å². The van der Waals surface area contributed by atoms with Crippen molar-refractivity contribution >= 4 is 11.8 Å². The Morgan fingerprint density at radius 2 is 2.05 bits per heavy atom. The number of rotatable bonds is 6. The van der Waals surface area contributed by atoms with Gasteiger partial charge in [0.25, 0.3) is 0 Å². The van der Waals surface area contributed by atoms with E-state index >= 15 is 0 Å². The van der Waals surface area contributed by atoms with Gasteiger partial charge < -0.3 is 10.2 Å². The van der Waals surface area contributed by atoms with Gasteiger partial charge in [-0.15, -0.1) is 5.10 Å². The summed E-state index contributed by atoms with van der Waals surface area (Å²) in [7, 11) is 0. The SMILES string of the molecule is CCCCCNc1cnnc(N2CCc3ccccc3C2)n1. The number of aromatic nitrogens is 3. The van der Waals surface area contributed by atoms with Crippen molar-refractivity contribution in [3.05, 3.63) is 41.6 Å². The van der Waals surface area contributed by atoms with E-state index in [4.69, 9.17) is 0 Å². The van der Waals surface area contributed by atoms with E-state index in [1.807, 2.05) is 0 Å². The lowest BCUT2D eigenvalue weighted by molar-refractivity contribution is 0.695. The number of benzene rings is 1. The van der Waals surface area contributed by atoms with Crippen molar-refractivity contribution in [3.63, 3.8) is 0 Å². The number of hydrogen-bond acceptors (Lipinski definition) is 5. The first-order valence-corrected chi connectivity index (χ1v) is 8.12. The third kappa shape index (κ3) is 3.53. The summed E-state index contributed by atoms with van der Waals surface area (Å²) in [4.78, 5) is 6.81. The topological polar surface area (TPSA) is 53.9 Å². The number of unbranched alkanes of at least 4 members (excludes halogenated alkanes) is 2. The normalized spacial score (nSPS) is 13.8. The van der Waals surface area contributed by atoms with E-state index in [9.17, 15) is 0 Å². The maximum atomic E-state index is 4.61. The first kappa shape index (κ1) is 14.8. The lowest BCUT2D eigenvalue weighted by atomic mass is 10.0. The second kappa shape index (κ2) is 7.20. The first-order chi connectivity index (χ1) is 10.9. The Balaban J connectivity index is 1.65. The summed E-state index contributed by atoms with van der Waals surface area (Å²) in [5, 5.41) is 11.6. The van der Waals surface area contributed by atoms with Crippen LogP contribution < -0.4 is 10.2 Å². The minimum atomic E-state index is 0.718. The van der Waals surface area contributed by atoms with Crippen LogP contribution in [-0.4, -0.2) is 28.3 Å². The van der Waals surface area contributed by atoms with Crippen LogP contribution in [0.5, 0.6) is 0 Å². The Hall–Kier alpha value is -2.17. The van der Waals surface area contributed by atoms with Crippen molar-refractivity contribution in [2.24, 2.45) is 0 Å². The molecule has 1 aliphatic heterocycles. The van der Waals surface area contributed by atoms with Gasteiger partial charge in [0.15, 0.2) is 5.82 Å². The van der Waals surface area contributed by atoms with Crippen LogP contribution in [0.2, 0.25) is 0 Å². The molecule has 3 rings (SSSR count). The maximum Gasteiger partial charge on any atom is 0.247 e. The molecule has 2 heterocycles. The smallest absolute Gasteiger partial charge is 0.247 e. The quantitative estimate of drug-likeness (QED) is 0.831. The molecule has 0 spiro atoms. The van der Waals surface area contributed by atoms with E-state index < -0.39 is 0 Å². The van der Waals surface area contributed by atoms with Gasteiger partial charge in [-0.3, -0.25) is 0 Å². The standard InChI is InChI=1S/C17H23N5/c1-2-3-6-10-18-16-12-19-21-17(20-16)22-11-9-14-7-4-5-8-15(14)13-22/h4-5,7-8,12H,2-3,6,9-11,13H2,1H3,(H,18,20,21). The fourth-order valence-electron chi connectivity index (χ4n) is 2.77. The van der Waals surface area contributed by atoms with Gasteiger partial charge in [-0.1, -0.05) is 44.0 Å². The predicted octanol–water partition coefficient (Wildman–Crippen LogP) is 3.04. The Kier molecular flexibility index (Phi) is 4.83. The minimum absolute atomic E-state index is 0.718. The van der Waals surface area contributed by atoms with Gasteiger partial charge in [0.1, 0.15) is 0 Å². The molecular formula is C17H23N5. The predicted molar refractivity (Wildman–Crippen MR) is 89.0 cm³/mol. The van der Waals surface area contributed by atoms with Crippen molar-refractivity contribution in [1.82, 2.24) is 15.2 Å². The fourth-order valence-corrected chi connectivity index (χ4v) is 2.77. The lowest BCUT2D eigenvalue weighted by Gasteiger charge is -2.28. The summed E-state index contributed by atoms with van der Waals surface area (Å²) in [5.41, 5.74) is 2.79. The van der Waals surface area contributed by atoms with Crippen molar-refractivity contribution in [3.8, 4) is 0 Å². The van der Waals surface area contributed by atoms with E-state index in [2.05, 4.69) is 56.6 Å². The molecule has 22 heavy (non-hydrogen) atoms. The highest BCUT2D eigenvalue weighted by atomic mass is 15.3. The van der Waals surface area contributed by atoms with Crippen molar-refractivity contribution < 1.29 is 0 Å². The summed E-state index contributed by atoms with van der Waals surface area (Å²) >= 11 is 0. The number of nitrogens with one attached hydrogen (secondary N) is 1. The Morgan fingerprint density at radius 1 is 1.18 bits per heavy atom. The molecular weight excluding hydrogens is 274 g/mol. The van der Waals surface area contributed by atoms with Gasteiger partial charge >= 0.3 is 0 Å². The molecule has 0 unspecified atom stereocenters.